The van der Waals surface area contributed by atoms with Gasteiger partial charge in [0.2, 0.25) is 0 Å². The van der Waals surface area contributed by atoms with Crippen molar-refractivity contribution in [3.05, 3.63) is 119 Å². The quantitative estimate of drug-likeness (QED) is 0.301. The van der Waals surface area contributed by atoms with Gasteiger partial charge in [-0.25, -0.2) is 0 Å². The molecule has 0 radical (unpaired) electrons. The highest BCUT2D eigenvalue weighted by Gasteiger charge is 2.70. The summed E-state index contributed by atoms with van der Waals surface area (Å²) < 4.78 is 21.9. The fraction of sp³-hybridized carbons (Fsp3) is 0.226. The lowest BCUT2D eigenvalue weighted by Crippen LogP contribution is -2.25. The van der Waals surface area contributed by atoms with Crippen molar-refractivity contribution >= 4 is 0 Å². The van der Waals surface area contributed by atoms with Crippen molar-refractivity contribution in [3.63, 3.8) is 0 Å². The molecule has 4 heteroatoms. The van der Waals surface area contributed by atoms with Gasteiger partial charge in [-0.1, -0.05) is 48.5 Å². The van der Waals surface area contributed by atoms with Crippen molar-refractivity contribution in [2.24, 2.45) is 0 Å². The van der Waals surface area contributed by atoms with Crippen molar-refractivity contribution in [1.82, 2.24) is 0 Å². The third-order valence-electron chi connectivity index (χ3n) is 7.47. The first-order chi connectivity index (χ1) is 17.1. The first kappa shape index (κ1) is 22.9. The van der Waals surface area contributed by atoms with Crippen molar-refractivity contribution in [2.75, 3.05) is 28.4 Å². The summed E-state index contributed by atoms with van der Waals surface area (Å²) in [4.78, 5) is 0. The smallest absolute Gasteiger partial charge is 0.118 e. The van der Waals surface area contributed by atoms with Crippen LogP contribution >= 0.6 is 0 Å². The number of hydrogen-bond donors (Lipinski definition) is 0. The lowest BCUT2D eigenvalue weighted by atomic mass is 9.73. The molecule has 0 unspecified atom stereocenters. The summed E-state index contributed by atoms with van der Waals surface area (Å²) >= 11 is 0. The molecule has 0 saturated heterocycles. The molecule has 1 aliphatic rings. The van der Waals surface area contributed by atoms with Crippen molar-refractivity contribution < 1.29 is 18.9 Å². The molecule has 0 N–H and O–H groups in total. The fourth-order valence-corrected chi connectivity index (χ4v) is 5.58. The van der Waals surface area contributed by atoms with E-state index in [0.29, 0.717) is 0 Å². The van der Waals surface area contributed by atoms with E-state index in [1.165, 1.54) is 22.3 Å². The van der Waals surface area contributed by atoms with Gasteiger partial charge in [0.15, 0.2) is 0 Å². The molecule has 4 aromatic rings. The average molecular weight is 467 g/mol. The van der Waals surface area contributed by atoms with E-state index in [9.17, 15) is 0 Å². The minimum atomic E-state index is -0.269. The van der Waals surface area contributed by atoms with Crippen LogP contribution in [0.25, 0.3) is 0 Å². The van der Waals surface area contributed by atoms with Crippen LogP contribution < -0.4 is 18.9 Å². The van der Waals surface area contributed by atoms with Crippen LogP contribution in [0.15, 0.2) is 97.1 Å². The van der Waals surface area contributed by atoms with Crippen molar-refractivity contribution in [2.45, 2.75) is 17.3 Å². The topological polar surface area (TPSA) is 36.9 Å². The molecule has 1 fully saturated rings. The van der Waals surface area contributed by atoms with Crippen LogP contribution in [0.4, 0.5) is 0 Å². The molecule has 0 heterocycles. The van der Waals surface area contributed by atoms with Gasteiger partial charge in [0.1, 0.15) is 23.0 Å². The summed E-state index contributed by atoms with van der Waals surface area (Å²) in [5.74, 6) is 3.38. The number of hydrogen-bond acceptors (Lipinski definition) is 4. The molecule has 0 atom stereocenters. The molecular formula is C31H30O4. The molecule has 178 valence electrons. The molecule has 1 aliphatic carbocycles. The van der Waals surface area contributed by atoms with E-state index >= 15 is 0 Å². The van der Waals surface area contributed by atoms with E-state index in [0.717, 1.165) is 29.4 Å². The van der Waals surface area contributed by atoms with Crippen LogP contribution in [0.5, 0.6) is 23.0 Å². The maximum Gasteiger partial charge on any atom is 0.118 e. The highest BCUT2D eigenvalue weighted by molar-refractivity contribution is 5.66. The number of methoxy groups -OCH3 is 4. The molecule has 35 heavy (non-hydrogen) atoms. The molecule has 1 saturated carbocycles. The lowest BCUT2D eigenvalue weighted by molar-refractivity contribution is 0.413. The predicted octanol–water partition coefficient (Wildman–Crippen LogP) is 6.40. The summed E-state index contributed by atoms with van der Waals surface area (Å²) in [5.41, 5.74) is 4.44. The van der Waals surface area contributed by atoms with Gasteiger partial charge in [0.25, 0.3) is 0 Å². The molecule has 0 amide bonds. The number of ether oxygens (including phenoxy) is 4. The molecule has 5 rings (SSSR count). The van der Waals surface area contributed by atoms with Gasteiger partial charge in [0.05, 0.1) is 28.4 Å². The Bertz CT molecular complexity index is 1080. The van der Waals surface area contributed by atoms with Crippen LogP contribution in [-0.4, -0.2) is 28.4 Å². The molecule has 0 bridgehead atoms. The van der Waals surface area contributed by atoms with Crippen molar-refractivity contribution in [3.8, 4) is 23.0 Å². The summed E-state index contributed by atoms with van der Waals surface area (Å²) in [6, 6.07) is 33.9. The van der Waals surface area contributed by atoms with Crippen LogP contribution in [0.3, 0.4) is 0 Å². The van der Waals surface area contributed by atoms with Gasteiger partial charge in [0, 0.05) is 10.8 Å². The minimum absolute atomic E-state index is 0.269. The van der Waals surface area contributed by atoms with Gasteiger partial charge < -0.3 is 18.9 Å². The largest absolute Gasteiger partial charge is 0.497 e. The SMILES string of the molecule is COc1ccc(C2(c3ccc(OC)cc3)CC2(c2ccc(OC)cc2)c2ccc(OC)cc2)cc1. The average Bonchev–Trinajstić information content (AvgIpc) is 3.65. The van der Waals surface area contributed by atoms with Gasteiger partial charge in [-0.05, 0) is 77.2 Å². The zero-order valence-electron chi connectivity index (χ0n) is 20.6. The van der Waals surface area contributed by atoms with Gasteiger partial charge >= 0.3 is 0 Å². The Morgan fingerprint density at radius 2 is 0.571 bits per heavy atom. The highest BCUT2D eigenvalue weighted by Crippen LogP contribution is 2.72. The van der Waals surface area contributed by atoms with E-state index in [1.54, 1.807) is 28.4 Å². The maximum atomic E-state index is 5.47. The highest BCUT2D eigenvalue weighted by atomic mass is 16.5. The van der Waals surface area contributed by atoms with Crippen LogP contribution in [0.1, 0.15) is 28.7 Å². The zero-order chi connectivity index (χ0) is 24.5. The van der Waals surface area contributed by atoms with E-state index in [-0.39, 0.29) is 10.8 Å². The fourth-order valence-electron chi connectivity index (χ4n) is 5.58. The zero-order valence-corrected chi connectivity index (χ0v) is 20.6. The minimum Gasteiger partial charge on any atom is -0.497 e. The van der Waals surface area contributed by atoms with E-state index in [4.69, 9.17) is 18.9 Å². The third kappa shape index (κ3) is 3.61. The van der Waals surface area contributed by atoms with Crippen LogP contribution in [0, 0.1) is 0 Å². The third-order valence-corrected chi connectivity index (χ3v) is 7.47. The van der Waals surface area contributed by atoms with Crippen molar-refractivity contribution in [1.29, 1.82) is 0 Å². The van der Waals surface area contributed by atoms with Gasteiger partial charge in [-0.15, -0.1) is 0 Å². The van der Waals surface area contributed by atoms with E-state index in [2.05, 4.69) is 48.5 Å². The second kappa shape index (κ2) is 9.03. The summed E-state index contributed by atoms with van der Waals surface area (Å²) in [6.07, 6.45) is 0.928. The Morgan fingerprint density at radius 1 is 0.371 bits per heavy atom. The molecule has 0 spiro atoms. The lowest BCUT2D eigenvalue weighted by Gasteiger charge is -2.29. The summed E-state index contributed by atoms with van der Waals surface area (Å²) in [6.45, 7) is 0. The molecule has 4 nitrogen and oxygen atoms in total. The van der Waals surface area contributed by atoms with Crippen LogP contribution in [0.2, 0.25) is 0 Å². The molecule has 0 aromatic heterocycles. The van der Waals surface area contributed by atoms with Gasteiger partial charge in [-0.3, -0.25) is 0 Å². The second-order valence-corrected chi connectivity index (χ2v) is 8.90. The van der Waals surface area contributed by atoms with E-state index in [1.807, 2.05) is 48.5 Å². The molecule has 4 aromatic carbocycles. The Morgan fingerprint density at radius 3 is 0.743 bits per heavy atom. The standard InChI is InChI=1S/C31H30O4/c1-32-26-13-5-22(6-14-26)30(23-7-15-27(33-2)16-8-23)21-31(30,24-9-17-28(34-3)18-10-24)25-11-19-29(35-4)20-12-25/h5-20H,21H2,1-4H3. The number of benzene rings is 4. The molecule has 0 aliphatic heterocycles. The first-order valence-electron chi connectivity index (χ1n) is 11.7. The monoisotopic (exact) mass is 466 g/mol. The number of rotatable bonds is 8. The first-order valence-corrected chi connectivity index (χ1v) is 11.7. The van der Waals surface area contributed by atoms with Gasteiger partial charge in [-0.2, -0.15) is 0 Å². The Labute approximate surface area is 207 Å². The Kier molecular flexibility index (Phi) is 5.89. The summed E-state index contributed by atoms with van der Waals surface area (Å²) in [5, 5.41) is 0. The summed E-state index contributed by atoms with van der Waals surface area (Å²) in [7, 11) is 6.80. The Hall–Kier alpha value is -3.92. The molecular weight excluding hydrogens is 436 g/mol. The Balaban J connectivity index is 1.76. The van der Waals surface area contributed by atoms with E-state index < -0.39 is 0 Å². The second-order valence-electron chi connectivity index (χ2n) is 8.90. The predicted molar refractivity (Wildman–Crippen MR) is 138 cm³/mol. The van der Waals surface area contributed by atoms with Crippen LogP contribution in [-0.2, 0) is 10.8 Å². The normalized spacial score (nSPS) is 15.2. The maximum absolute atomic E-state index is 5.47.